The van der Waals surface area contributed by atoms with Crippen molar-refractivity contribution in [2.24, 2.45) is 5.92 Å². The van der Waals surface area contributed by atoms with Crippen LogP contribution in [0.1, 0.15) is 51.9 Å². The third-order valence-electron chi connectivity index (χ3n) is 5.13. The zero-order valence-electron chi connectivity index (χ0n) is 13.1. The maximum absolute atomic E-state index is 14.3. The van der Waals surface area contributed by atoms with Gasteiger partial charge in [-0.3, -0.25) is 0 Å². The van der Waals surface area contributed by atoms with Gasteiger partial charge in [-0.1, -0.05) is 26.2 Å². The van der Waals surface area contributed by atoms with Crippen LogP contribution in [0.4, 0.5) is 15.8 Å². The van der Waals surface area contributed by atoms with E-state index < -0.39 is 0 Å². The molecule has 1 aliphatic heterocycles. The van der Waals surface area contributed by atoms with Gasteiger partial charge in [0.05, 0.1) is 5.69 Å². The molecule has 2 atom stereocenters. The molecular weight excluding hydrogens is 263 g/mol. The molecule has 0 aromatic heterocycles. The Morgan fingerprint density at radius 1 is 1.19 bits per heavy atom. The monoisotopic (exact) mass is 290 g/mol. The minimum Gasteiger partial charge on any atom is -0.382 e. The number of anilines is 2. The summed E-state index contributed by atoms with van der Waals surface area (Å²) in [5.74, 6) is 0.759. The molecule has 3 heteroatoms. The molecule has 0 radical (unpaired) electrons. The maximum atomic E-state index is 14.3. The van der Waals surface area contributed by atoms with Gasteiger partial charge >= 0.3 is 0 Å². The number of hydrogen-bond donors (Lipinski definition) is 1. The average Bonchev–Trinajstić information content (AvgIpc) is 3.01. The third kappa shape index (κ3) is 3.50. The van der Waals surface area contributed by atoms with Gasteiger partial charge in [0, 0.05) is 24.8 Å². The smallest absolute Gasteiger partial charge is 0.148 e. The normalized spacial score (nSPS) is 26.1. The zero-order valence-corrected chi connectivity index (χ0v) is 13.1. The van der Waals surface area contributed by atoms with Gasteiger partial charge in [-0.25, -0.2) is 4.39 Å². The van der Waals surface area contributed by atoms with E-state index in [9.17, 15) is 4.39 Å². The lowest BCUT2D eigenvalue weighted by atomic mass is 9.84. The summed E-state index contributed by atoms with van der Waals surface area (Å²) in [5, 5.41) is 3.55. The Kier molecular flexibility index (Phi) is 4.67. The first kappa shape index (κ1) is 14.7. The quantitative estimate of drug-likeness (QED) is 0.856. The molecule has 2 fully saturated rings. The van der Waals surface area contributed by atoms with Crippen LogP contribution < -0.4 is 10.2 Å². The van der Waals surface area contributed by atoms with Crippen LogP contribution in [0.15, 0.2) is 18.2 Å². The molecule has 1 saturated carbocycles. The van der Waals surface area contributed by atoms with Crippen LogP contribution in [0.25, 0.3) is 0 Å². The van der Waals surface area contributed by atoms with Gasteiger partial charge in [0.15, 0.2) is 0 Å². The molecule has 1 aromatic carbocycles. The molecular formula is C18H27FN2. The summed E-state index contributed by atoms with van der Waals surface area (Å²) in [6.07, 6.45) is 8.72. The molecule has 0 spiro atoms. The summed E-state index contributed by atoms with van der Waals surface area (Å²) < 4.78 is 14.3. The zero-order chi connectivity index (χ0) is 14.7. The summed E-state index contributed by atoms with van der Waals surface area (Å²) in [7, 11) is 0. The Labute approximate surface area is 127 Å². The lowest BCUT2D eigenvalue weighted by molar-refractivity contribution is 0.327. The highest BCUT2D eigenvalue weighted by Crippen LogP contribution is 2.30. The first-order valence-electron chi connectivity index (χ1n) is 8.57. The van der Waals surface area contributed by atoms with Crippen molar-refractivity contribution < 1.29 is 4.39 Å². The van der Waals surface area contributed by atoms with Crippen LogP contribution >= 0.6 is 0 Å². The Balaban J connectivity index is 1.64. The van der Waals surface area contributed by atoms with Gasteiger partial charge in [-0.05, 0) is 49.8 Å². The Morgan fingerprint density at radius 2 is 2.00 bits per heavy atom. The van der Waals surface area contributed by atoms with E-state index in [-0.39, 0.29) is 5.82 Å². The molecule has 0 amide bonds. The van der Waals surface area contributed by atoms with Crippen LogP contribution in [0.5, 0.6) is 0 Å². The lowest BCUT2D eigenvalue weighted by Gasteiger charge is -2.30. The number of benzene rings is 1. The number of nitrogens with zero attached hydrogens (tertiary/aromatic N) is 1. The second-order valence-electron chi connectivity index (χ2n) is 6.64. The van der Waals surface area contributed by atoms with Gasteiger partial charge in [-0.15, -0.1) is 0 Å². The third-order valence-corrected chi connectivity index (χ3v) is 5.13. The van der Waals surface area contributed by atoms with Crippen molar-refractivity contribution in [3.8, 4) is 0 Å². The van der Waals surface area contributed by atoms with Crippen molar-refractivity contribution in [1.82, 2.24) is 0 Å². The SMILES string of the molecule is CCC1CCCC(Nc2ccc(N3CCCC3)c(F)c2)C1. The van der Waals surface area contributed by atoms with Crippen molar-refractivity contribution in [3.63, 3.8) is 0 Å². The topological polar surface area (TPSA) is 15.3 Å². The molecule has 1 aromatic rings. The first-order valence-corrected chi connectivity index (χ1v) is 8.57. The van der Waals surface area contributed by atoms with Gasteiger partial charge in [0.1, 0.15) is 5.82 Å². The summed E-state index contributed by atoms with van der Waals surface area (Å²) >= 11 is 0. The van der Waals surface area contributed by atoms with E-state index in [0.29, 0.717) is 6.04 Å². The number of nitrogens with one attached hydrogen (secondary N) is 1. The van der Waals surface area contributed by atoms with Crippen LogP contribution in [0.2, 0.25) is 0 Å². The lowest BCUT2D eigenvalue weighted by Crippen LogP contribution is -2.27. The predicted molar refractivity (Wildman–Crippen MR) is 87.5 cm³/mol. The van der Waals surface area contributed by atoms with E-state index >= 15 is 0 Å². The van der Waals surface area contributed by atoms with Gasteiger partial charge in [0.2, 0.25) is 0 Å². The average molecular weight is 290 g/mol. The Bertz CT molecular complexity index is 468. The second-order valence-corrected chi connectivity index (χ2v) is 6.64. The summed E-state index contributed by atoms with van der Waals surface area (Å²) in [4.78, 5) is 2.16. The summed E-state index contributed by atoms with van der Waals surface area (Å²) in [6, 6.07) is 6.19. The molecule has 2 unspecified atom stereocenters. The highest BCUT2D eigenvalue weighted by atomic mass is 19.1. The van der Waals surface area contributed by atoms with Gasteiger partial charge in [-0.2, -0.15) is 0 Å². The highest BCUT2D eigenvalue weighted by Gasteiger charge is 2.21. The highest BCUT2D eigenvalue weighted by molar-refractivity contribution is 5.57. The van der Waals surface area contributed by atoms with Crippen molar-refractivity contribution >= 4 is 11.4 Å². The predicted octanol–water partition coefficient (Wildman–Crippen LogP) is 4.81. The fourth-order valence-electron chi connectivity index (χ4n) is 3.84. The molecule has 0 bridgehead atoms. The number of halogens is 1. The molecule has 1 N–H and O–H groups in total. The Hall–Kier alpha value is -1.25. The van der Waals surface area contributed by atoms with E-state index in [1.54, 1.807) is 6.07 Å². The molecule has 21 heavy (non-hydrogen) atoms. The molecule has 3 rings (SSSR count). The standard InChI is InChI=1S/C18H27FN2/c1-2-14-6-5-7-15(12-14)20-16-8-9-18(17(19)13-16)21-10-3-4-11-21/h8-9,13-15,20H,2-7,10-12H2,1H3. The van der Waals surface area contributed by atoms with Crippen molar-refractivity contribution in [1.29, 1.82) is 0 Å². The van der Waals surface area contributed by atoms with Crippen LogP contribution in [-0.4, -0.2) is 19.1 Å². The van der Waals surface area contributed by atoms with Crippen molar-refractivity contribution in [3.05, 3.63) is 24.0 Å². The van der Waals surface area contributed by atoms with E-state index in [1.807, 2.05) is 12.1 Å². The fourth-order valence-corrected chi connectivity index (χ4v) is 3.84. The van der Waals surface area contributed by atoms with E-state index in [1.165, 1.54) is 44.9 Å². The molecule has 1 aliphatic carbocycles. The largest absolute Gasteiger partial charge is 0.382 e. The molecule has 2 nitrogen and oxygen atoms in total. The minimum atomic E-state index is -0.0789. The Morgan fingerprint density at radius 3 is 2.71 bits per heavy atom. The molecule has 1 saturated heterocycles. The van der Waals surface area contributed by atoms with Crippen LogP contribution in [-0.2, 0) is 0 Å². The van der Waals surface area contributed by atoms with Crippen molar-refractivity contribution in [2.45, 2.75) is 57.9 Å². The summed E-state index contributed by atoms with van der Waals surface area (Å²) in [5.41, 5.74) is 1.71. The van der Waals surface area contributed by atoms with E-state index in [2.05, 4.69) is 17.1 Å². The van der Waals surface area contributed by atoms with E-state index in [4.69, 9.17) is 0 Å². The molecule has 116 valence electrons. The number of hydrogen-bond acceptors (Lipinski definition) is 2. The van der Waals surface area contributed by atoms with Gasteiger partial charge < -0.3 is 10.2 Å². The van der Waals surface area contributed by atoms with Gasteiger partial charge in [0.25, 0.3) is 0 Å². The van der Waals surface area contributed by atoms with E-state index in [0.717, 1.165) is 30.4 Å². The summed E-state index contributed by atoms with van der Waals surface area (Å²) in [6.45, 7) is 4.26. The van der Waals surface area contributed by atoms with Crippen LogP contribution in [0.3, 0.4) is 0 Å². The maximum Gasteiger partial charge on any atom is 0.148 e. The second kappa shape index (κ2) is 6.67. The fraction of sp³-hybridized carbons (Fsp3) is 0.667. The minimum absolute atomic E-state index is 0.0789. The molecule has 2 aliphatic rings. The van der Waals surface area contributed by atoms with Crippen LogP contribution in [0, 0.1) is 11.7 Å². The first-order chi connectivity index (χ1) is 10.3. The molecule has 1 heterocycles. The number of rotatable bonds is 4. The van der Waals surface area contributed by atoms with Crippen molar-refractivity contribution in [2.75, 3.05) is 23.3 Å².